The highest BCUT2D eigenvalue weighted by atomic mass is 35.5. The van der Waals surface area contributed by atoms with E-state index in [9.17, 15) is 9.90 Å². The van der Waals surface area contributed by atoms with Crippen LogP contribution in [0.5, 0.6) is 5.75 Å². The number of fused-ring (bicyclic) bond motifs is 3. The van der Waals surface area contributed by atoms with Gasteiger partial charge in [-0.15, -0.1) is 0 Å². The van der Waals surface area contributed by atoms with Crippen molar-refractivity contribution in [3.8, 4) is 5.75 Å². The number of phenolic OH excluding ortho intramolecular Hbond substituents is 1. The van der Waals surface area contributed by atoms with Crippen LogP contribution in [-0.2, 0) is 0 Å². The number of nitrogens with zero attached hydrogens (tertiary/aromatic N) is 2. The van der Waals surface area contributed by atoms with Crippen molar-refractivity contribution >= 4 is 11.6 Å². The Morgan fingerprint density at radius 3 is 2.70 bits per heavy atom. The molecule has 5 nitrogen and oxygen atoms in total. The molecule has 6 heteroatoms. The Morgan fingerprint density at radius 2 is 2.10 bits per heavy atom. The lowest BCUT2D eigenvalue weighted by atomic mass is 9.87. The van der Waals surface area contributed by atoms with Crippen molar-refractivity contribution in [1.29, 1.82) is 0 Å². The molecule has 0 aliphatic carbocycles. The number of benzene rings is 1. The van der Waals surface area contributed by atoms with Crippen LogP contribution in [0.3, 0.4) is 0 Å². The molecule has 2 bridgehead atoms. The van der Waals surface area contributed by atoms with E-state index in [1.54, 1.807) is 12.1 Å². The molecule has 0 aromatic heterocycles. The van der Waals surface area contributed by atoms with E-state index in [1.165, 1.54) is 12.1 Å². The second kappa shape index (κ2) is 6.24. The fourth-order valence-corrected chi connectivity index (χ4v) is 2.74. The average molecular weight is 295 g/mol. The Balaban J connectivity index is 0.00000147. The summed E-state index contributed by atoms with van der Waals surface area (Å²) in [4.78, 5) is 14.3. The Kier molecular flexibility index (Phi) is 4.62. The quantitative estimate of drug-likeness (QED) is 0.633. The first-order chi connectivity index (χ1) is 9.22. The summed E-state index contributed by atoms with van der Waals surface area (Å²) in [5, 5.41) is 13.6. The highest BCUT2D eigenvalue weighted by Gasteiger charge is 2.30. The predicted octanol–water partition coefficient (Wildman–Crippen LogP) is -1.79. The van der Waals surface area contributed by atoms with E-state index >= 15 is 0 Å². The molecule has 3 saturated heterocycles. The summed E-state index contributed by atoms with van der Waals surface area (Å²) in [6.45, 7) is 3.15. The minimum absolute atomic E-state index is 0. The van der Waals surface area contributed by atoms with Crippen molar-refractivity contribution in [2.24, 2.45) is 11.0 Å². The molecule has 1 amide bonds. The third-order valence-corrected chi connectivity index (χ3v) is 3.85. The van der Waals surface area contributed by atoms with Gasteiger partial charge in [0.2, 0.25) is 0 Å². The SMILES string of the molecule is O=C(NN=C1CN2CCC1CC2)c1cccc(O)c1.[Cl-]. The molecule has 3 aliphatic heterocycles. The Hall–Kier alpha value is -1.59. The maximum atomic E-state index is 11.9. The summed E-state index contributed by atoms with van der Waals surface area (Å²) in [7, 11) is 0. The maximum absolute atomic E-state index is 11.9. The summed E-state index contributed by atoms with van der Waals surface area (Å²) in [5.74, 6) is 0.331. The third kappa shape index (κ3) is 3.11. The molecule has 0 radical (unpaired) electrons. The lowest BCUT2D eigenvalue weighted by molar-refractivity contribution is -0.0000130. The van der Waals surface area contributed by atoms with Crippen LogP contribution in [0.4, 0.5) is 0 Å². The number of phenols is 1. The van der Waals surface area contributed by atoms with Gasteiger partial charge in [0.1, 0.15) is 5.75 Å². The molecule has 1 aromatic carbocycles. The van der Waals surface area contributed by atoms with Gasteiger partial charge in [-0.1, -0.05) is 6.07 Å². The van der Waals surface area contributed by atoms with Crippen LogP contribution >= 0.6 is 0 Å². The highest BCUT2D eigenvalue weighted by molar-refractivity contribution is 5.96. The van der Waals surface area contributed by atoms with Crippen LogP contribution in [0.25, 0.3) is 0 Å². The summed E-state index contributed by atoms with van der Waals surface area (Å²) < 4.78 is 0. The number of halogens is 1. The molecule has 20 heavy (non-hydrogen) atoms. The van der Waals surface area contributed by atoms with Crippen LogP contribution in [0, 0.1) is 5.92 Å². The molecule has 4 rings (SSSR count). The first-order valence-electron chi connectivity index (χ1n) is 6.60. The van der Waals surface area contributed by atoms with Gasteiger partial charge in [0.05, 0.1) is 5.71 Å². The van der Waals surface area contributed by atoms with Gasteiger partial charge in [-0.05, 0) is 44.1 Å². The highest BCUT2D eigenvalue weighted by Crippen LogP contribution is 2.25. The van der Waals surface area contributed by atoms with E-state index in [-0.39, 0.29) is 24.1 Å². The van der Waals surface area contributed by atoms with Crippen molar-refractivity contribution in [1.82, 2.24) is 10.3 Å². The average Bonchev–Trinajstić information content (AvgIpc) is 2.46. The number of amides is 1. The lowest BCUT2D eigenvalue weighted by Crippen LogP contribution is -3.00. The van der Waals surface area contributed by atoms with E-state index < -0.39 is 0 Å². The number of carbonyl (C=O) groups excluding carboxylic acids is 1. The predicted molar refractivity (Wildman–Crippen MR) is 72.2 cm³/mol. The molecule has 108 valence electrons. The summed E-state index contributed by atoms with van der Waals surface area (Å²) in [6.07, 6.45) is 2.28. The third-order valence-electron chi connectivity index (χ3n) is 3.85. The molecular formula is C14H17ClN3O2-. The standard InChI is InChI=1S/C14H17N3O2.ClH/c18-12-3-1-2-11(8-12)14(19)16-15-13-9-17-6-4-10(13)5-7-17;/h1-3,8,10,18H,4-7,9H2,(H,16,19);1H/p-1. The zero-order chi connectivity index (χ0) is 13.2. The molecule has 0 unspecified atom stereocenters. The second-order valence-corrected chi connectivity index (χ2v) is 5.14. The maximum Gasteiger partial charge on any atom is 0.271 e. The van der Waals surface area contributed by atoms with E-state index in [0.717, 1.165) is 38.2 Å². The molecule has 1 aromatic rings. The Morgan fingerprint density at radius 1 is 1.35 bits per heavy atom. The first-order valence-corrected chi connectivity index (χ1v) is 6.60. The zero-order valence-corrected chi connectivity index (χ0v) is 11.8. The first kappa shape index (κ1) is 14.8. The van der Waals surface area contributed by atoms with Gasteiger partial charge in [-0.2, -0.15) is 5.10 Å². The largest absolute Gasteiger partial charge is 1.00 e. The molecular weight excluding hydrogens is 278 g/mol. The van der Waals surface area contributed by atoms with Crippen LogP contribution in [0.2, 0.25) is 0 Å². The summed E-state index contributed by atoms with van der Waals surface area (Å²) in [5.41, 5.74) is 4.09. The number of hydrogen-bond acceptors (Lipinski definition) is 4. The molecule has 3 heterocycles. The number of aromatic hydroxyl groups is 1. The molecule has 0 spiro atoms. The monoisotopic (exact) mass is 294 g/mol. The number of rotatable bonds is 2. The summed E-state index contributed by atoms with van der Waals surface area (Å²) >= 11 is 0. The van der Waals surface area contributed by atoms with Crippen LogP contribution in [0.1, 0.15) is 23.2 Å². The van der Waals surface area contributed by atoms with Crippen molar-refractivity contribution in [3.05, 3.63) is 29.8 Å². The number of hydrazone groups is 1. The molecule has 0 saturated carbocycles. The molecule has 2 N–H and O–H groups in total. The minimum atomic E-state index is -0.278. The smallest absolute Gasteiger partial charge is 0.271 e. The number of piperidine rings is 3. The lowest BCUT2D eigenvalue weighted by Gasteiger charge is -2.39. The van der Waals surface area contributed by atoms with E-state index in [1.807, 2.05) is 0 Å². The van der Waals surface area contributed by atoms with Crippen molar-refractivity contribution < 1.29 is 22.3 Å². The fraction of sp³-hybridized carbons (Fsp3) is 0.429. The second-order valence-electron chi connectivity index (χ2n) is 5.14. The van der Waals surface area contributed by atoms with Crippen LogP contribution < -0.4 is 17.8 Å². The zero-order valence-electron chi connectivity index (χ0n) is 11.1. The molecule has 3 aliphatic rings. The van der Waals surface area contributed by atoms with Crippen LogP contribution in [0.15, 0.2) is 29.4 Å². The van der Waals surface area contributed by atoms with E-state index in [0.29, 0.717) is 11.5 Å². The number of nitrogens with one attached hydrogen (secondary N) is 1. The fourth-order valence-electron chi connectivity index (χ4n) is 2.74. The van der Waals surface area contributed by atoms with E-state index in [4.69, 9.17) is 0 Å². The van der Waals surface area contributed by atoms with Gasteiger partial charge >= 0.3 is 0 Å². The van der Waals surface area contributed by atoms with Gasteiger partial charge in [-0.3, -0.25) is 9.69 Å². The van der Waals surface area contributed by atoms with Gasteiger partial charge in [0.15, 0.2) is 0 Å². The molecule has 0 atom stereocenters. The number of carbonyl (C=O) groups is 1. The minimum Gasteiger partial charge on any atom is -1.00 e. The van der Waals surface area contributed by atoms with Crippen molar-refractivity contribution in [3.63, 3.8) is 0 Å². The Bertz CT molecular complexity index is 525. The van der Waals surface area contributed by atoms with Crippen molar-refractivity contribution in [2.75, 3.05) is 19.6 Å². The van der Waals surface area contributed by atoms with E-state index in [2.05, 4.69) is 15.4 Å². The summed E-state index contributed by atoms with van der Waals surface area (Å²) in [6, 6.07) is 6.28. The van der Waals surface area contributed by atoms with Crippen molar-refractivity contribution in [2.45, 2.75) is 12.8 Å². The van der Waals surface area contributed by atoms with Crippen LogP contribution in [-0.4, -0.2) is 41.3 Å². The Labute approximate surface area is 124 Å². The number of hydrogen-bond donors (Lipinski definition) is 2. The van der Waals surface area contributed by atoms with Gasteiger partial charge in [0.25, 0.3) is 5.91 Å². The molecule has 3 fully saturated rings. The van der Waals surface area contributed by atoms with Gasteiger partial charge in [-0.25, -0.2) is 5.43 Å². The topological polar surface area (TPSA) is 64.9 Å². The van der Waals surface area contributed by atoms with Gasteiger partial charge in [0, 0.05) is 18.0 Å². The van der Waals surface area contributed by atoms with Gasteiger partial charge < -0.3 is 17.5 Å². The normalized spacial score (nSPS) is 26.1.